The second-order valence-electron chi connectivity index (χ2n) is 5.00. The minimum atomic E-state index is -0.351. The Labute approximate surface area is 142 Å². The number of carbonyl (C=O) groups excluding carboxylic acids is 1. The predicted octanol–water partition coefficient (Wildman–Crippen LogP) is 5.31. The fraction of sp³-hybridized carbons (Fsp3) is 0.118. The number of benzene rings is 2. The zero-order chi connectivity index (χ0) is 16.6. The number of carbonyl (C=O) groups is 1. The van der Waals surface area contributed by atoms with E-state index in [0.717, 1.165) is 10.9 Å². The van der Waals surface area contributed by atoms with Gasteiger partial charge in [-0.2, -0.15) is 0 Å². The zero-order valence-corrected chi connectivity index (χ0v) is 14.0. The van der Waals surface area contributed by atoms with Crippen LogP contribution in [0.15, 0.2) is 40.8 Å². The maximum Gasteiger partial charge on any atom is 0.291 e. The Morgan fingerprint density at radius 3 is 2.65 bits per heavy atom. The lowest BCUT2D eigenvalue weighted by molar-refractivity contribution is 0.0998. The zero-order valence-electron chi connectivity index (χ0n) is 12.4. The standard InChI is InChI=1S/C17H13Cl2NO3/c1-9-12-7-10(18)3-5-14(12)23-16(9)17(21)20-11-4-6-15(22-2)13(19)8-11/h3-8H,1-2H3,(H,20,21). The Hall–Kier alpha value is -2.17. The molecule has 0 aliphatic carbocycles. The number of halogens is 2. The molecule has 0 atom stereocenters. The number of rotatable bonds is 3. The molecule has 0 fully saturated rings. The molecule has 4 nitrogen and oxygen atoms in total. The highest BCUT2D eigenvalue weighted by Gasteiger charge is 2.18. The van der Waals surface area contributed by atoms with Crippen LogP contribution in [0.3, 0.4) is 0 Å². The summed E-state index contributed by atoms with van der Waals surface area (Å²) in [5.41, 5.74) is 1.91. The van der Waals surface area contributed by atoms with Crippen LogP contribution in [0.25, 0.3) is 11.0 Å². The molecule has 0 bridgehead atoms. The third-order valence-corrected chi connectivity index (χ3v) is 4.04. The number of nitrogens with one attached hydrogen (secondary N) is 1. The number of ether oxygens (including phenoxy) is 1. The van der Waals surface area contributed by atoms with Crippen molar-refractivity contribution in [3.63, 3.8) is 0 Å². The minimum absolute atomic E-state index is 0.245. The van der Waals surface area contributed by atoms with Crippen molar-refractivity contribution >= 4 is 45.8 Å². The SMILES string of the molecule is COc1ccc(NC(=O)c2oc3ccc(Cl)cc3c2C)cc1Cl. The van der Waals surface area contributed by atoms with Crippen molar-refractivity contribution in [2.75, 3.05) is 12.4 Å². The highest BCUT2D eigenvalue weighted by Crippen LogP contribution is 2.30. The van der Waals surface area contributed by atoms with Crippen molar-refractivity contribution in [1.82, 2.24) is 0 Å². The molecule has 1 N–H and O–H groups in total. The van der Waals surface area contributed by atoms with Crippen LogP contribution in [0.1, 0.15) is 16.1 Å². The molecule has 1 aromatic heterocycles. The average Bonchev–Trinajstić information content (AvgIpc) is 2.84. The number of anilines is 1. The van der Waals surface area contributed by atoms with Crippen LogP contribution in [0.5, 0.6) is 5.75 Å². The molecule has 0 aliphatic rings. The normalized spacial score (nSPS) is 10.8. The summed E-state index contributed by atoms with van der Waals surface area (Å²) < 4.78 is 10.7. The van der Waals surface area contributed by atoms with Crippen LogP contribution >= 0.6 is 23.2 Å². The molecule has 3 rings (SSSR count). The summed E-state index contributed by atoms with van der Waals surface area (Å²) in [6.07, 6.45) is 0. The maximum atomic E-state index is 12.4. The van der Waals surface area contributed by atoms with Crippen molar-refractivity contribution < 1.29 is 13.9 Å². The quantitative estimate of drug-likeness (QED) is 0.697. The van der Waals surface area contributed by atoms with E-state index in [1.807, 2.05) is 6.92 Å². The van der Waals surface area contributed by atoms with Crippen LogP contribution in [-0.4, -0.2) is 13.0 Å². The number of amides is 1. The van der Waals surface area contributed by atoms with Crippen molar-refractivity contribution in [2.24, 2.45) is 0 Å². The second-order valence-corrected chi connectivity index (χ2v) is 5.84. The van der Waals surface area contributed by atoms with Gasteiger partial charge in [0.2, 0.25) is 0 Å². The molecule has 2 aromatic carbocycles. The third-order valence-electron chi connectivity index (χ3n) is 3.51. The van der Waals surface area contributed by atoms with Crippen molar-refractivity contribution in [1.29, 1.82) is 0 Å². The molecular formula is C17H13Cl2NO3. The number of hydrogen-bond acceptors (Lipinski definition) is 3. The lowest BCUT2D eigenvalue weighted by atomic mass is 10.1. The first-order valence-corrected chi connectivity index (χ1v) is 7.58. The van der Waals surface area contributed by atoms with Gasteiger partial charge < -0.3 is 14.5 Å². The van der Waals surface area contributed by atoms with Crippen molar-refractivity contribution in [3.05, 3.63) is 57.8 Å². The van der Waals surface area contributed by atoms with E-state index in [-0.39, 0.29) is 11.7 Å². The van der Waals surface area contributed by atoms with Crippen molar-refractivity contribution in [3.8, 4) is 5.75 Å². The van der Waals surface area contributed by atoms with Gasteiger partial charge in [0.1, 0.15) is 11.3 Å². The highest BCUT2D eigenvalue weighted by molar-refractivity contribution is 6.32. The van der Waals surface area contributed by atoms with Gasteiger partial charge in [0.05, 0.1) is 12.1 Å². The monoisotopic (exact) mass is 349 g/mol. The fourth-order valence-corrected chi connectivity index (χ4v) is 2.77. The Kier molecular flexibility index (Phi) is 4.20. The molecule has 0 aliphatic heterocycles. The van der Waals surface area contributed by atoms with Gasteiger partial charge in [-0.05, 0) is 43.3 Å². The summed E-state index contributed by atoms with van der Waals surface area (Å²) in [7, 11) is 1.53. The highest BCUT2D eigenvalue weighted by atomic mass is 35.5. The summed E-state index contributed by atoms with van der Waals surface area (Å²) in [6.45, 7) is 1.82. The molecule has 1 heterocycles. The van der Waals surface area contributed by atoms with Gasteiger partial charge in [-0.15, -0.1) is 0 Å². The van der Waals surface area contributed by atoms with Crippen LogP contribution in [0.4, 0.5) is 5.69 Å². The van der Waals surface area contributed by atoms with Gasteiger partial charge in [0, 0.05) is 21.7 Å². The molecule has 0 spiro atoms. The largest absolute Gasteiger partial charge is 0.495 e. The van der Waals surface area contributed by atoms with Crippen molar-refractivity contribution in [2.45, 2.75) is 6.92 Å². The first kappa shape index (κ1) is 15.7. The summed E-state index contributed by atoms with van der Waals surface area (Å²) in [5.74, 6) is 0.435. The molecule has 0 radical (unpaired) electrons. The Bertz CT molecular complexity index is 902. The van der Waals surface area contributed by atoms with E-state index in [9.17, 15) is 4.79 Å². The van der Waals surface area contributed by atoms with Crippen LogP contribution in [0, 0.1) is 6.92 Å². The van der Waals surface area contributed by atoms with Gasteiger partial charge in [-0.3, -0.25) is 4.79 Å². The van der Waals surface area contributed by atoms with Gasteiger partial charge in [-0.1, -0.05) is 23.2 Å². The molecule has 1 amide bonds. The topological polar surface area (TPSA) is 51.5 Å². The Morgan fingerprint density at radius 1 is 1.17 bits per heavy atom. The maximum absolute atomic E-state index is 12.4. The van der Waals surface area contributed by atoms with Gasteiger partial charge in [0.15, 0.2) is 5.76 Å². The summed E-state index contributed by atoms with van der Waals surface area (Å²) >= 11 is 12.0. The van der Waals surface area contributed by atoms with E-state index in [1.54, 1.807) is 36.4 Å². The average molecular weight is 350 g/mol. The van der Waals surface area contributed by atoms with E-state index < -0.39 is 0 Å². The first-order valence-electron chi connectivity index (χ1n) is 6.83. The molecule has 0 unspecified atom stereocenters. The Balaban J connectivity index is 1.91. The van der Waals surface area contributed by atoms with E-state index in [0.29, 0.717) is 27.1 Å². The third kappa shape index (κ3) is 3.00. The van der Waals surface area contributed by atoms with Gasteiger partial charge >= 0.3 is 0 Å². The predicted molar refractivity (Wildman–Crippen MR) is 91.9 cm³/mol. The molecule has 23 heavy (non-hydrogen) atoms. The first-order chi connectivity index (χ1) is 11.0. The van der Waals surface area contributed by atoms with E-state index in [1.165, 1.54) is 7.11 Å². The summed E-state index contributed by atoms with van der Waals surface area (Å²) in [4.78, 5) is 12.4. The minimum Gasteiger partial charge on any atom is -0.495 e. The summed E-state index contributed by atoms with van der Waals surface area (Å²) in [5, 5.41) is 4.58. The summed E-state index contributed by atoms with van der Waals surface area (Å²) in [6, 6.07) is 10.2. The molecule has 118 valence electrons. The van der Waals surface area contributed by atoms with E-state index >= 15 is 0 Å². The van der Waals surface area contributed by atoms with Gasteiger partial charge in [0.25, 0.3) is 5.91 Å². The lowest BCUT2D eigenvalue weighted by Crippen LogP contribution is -2.12. The van der Waals surface area contributed by atoms with E-state index in [2.05, 4.69) is 5.32 Å². The lowest BCUT2D eigenvalue weighted by Gasteiger charge is -2.07. The number of furan rings is 1. The van der Waals surface area contributed by atoms with Crippen LogP contribution in [0.2, 0.25) is 10.0 Å². The smallest absolute Gasteiger partial charge is 0.291 e. The number of hydrogen-bond donors (Lipinski definition) is 1. The van der Waals surface area contributed by atoms with Crippen LogP contribution in [-0.2, 0) is 0 Å². The molecule has 0 saturated carbocycles. The number of methoxy groups -OCH3 is 1. The van der Waals surface area contributed by atoms with E-state index in [4.69, 9.17) is 32.4 Å². The van der Waals surface area contributed by atoms with Gasteiger partial charge in [-0.25, -0.2) is 0 Å². The molecule has 3 aromatic rings. The molecule has 0 saturated heterocycles. The number of aryl methyl sites for hydroxylation is 1. The van der Waals surface area contributed by atoms with Crippen LogP contribution < -0.4 is 10.1 Å². The molecule has 6 heteroatoms. The molecular weight excluding hydrogens is 337 g/mol. The fourth-order valence-electron chi connectivity index (χ4n) is 2.34. The number of fused-ring (bicyclic) bond motifs is 1. The Morgan fingerprint density at radius 2 is 1.96 bits per heavy atom. The second kappa shape index (κ2) is 6.14.